The van der Waals surface area contributed by atoms with Crippen molar-refractivity contribution in [2.75, 3.05) is 26.2 Å². The van der Waals surface area contributed by atoms with Crippen LogP contribution < -0.4 is 11.2 Å². The Bertz CT molecular complexity index is 1240. The number of rotatable bonds is 6. The molecule has 4 rings (SSSR count). The van der Waals surface area contributed by atoms with E-state index in [1.54, 1.807) is 16.5 Å². The van der Waals surface area contributed by atoms with E-state index in [2.05, 4.69) is 14.9 Å². The predicted octanol–water partition coefficient (Wildman–Crippen LogP) is 1.32. The van der Waals surface area contributed by atoms with E-state index in [0.29, 0.717) is 61.8 Å². The van der Waals surface area contributed by atoms with E-state index in [9.17, 15) is 18.8 Å². The lowest BCUT2D eigenvalue weighted by Crippen LogP contribution is -2.48. The van der Waals surface area contributed by atoms with E-state index < -0.39 is 11.2 Å². The van der Waals surface area contributed by atoms with Crippen LogP contribution in [0.5, 0.6) is 0 Å². The van der Waals surface area contributed by atoms with Crippen molar-refractivity contribution in [1.82, 2.24) is 28.9 Å². The van der Waals surface area contributed by atoms with E-state index in [4.69, 9.17) is 0 Å². The van der Waals surface area contributed by atoms with E-state index in [-0.39, 0.29) is 11.7 Å². The largest absolute Gasteiger partial charge is 0.336 e. The molecule has 170 valence electrons. The standard InChI is InChI=1S/C22H27FN6O3/c1-3-4-9-29-19-18(20(30)25-22(29)32)26(2)17(24-19)14-27-10-12-28(13-11-27)21(31)15-5-7-16(23)8-6-15/h5-8H,3-4,9-14H2,1-2H3,(H,25,30,32). The number of hydrogen-bond donors (Lipinski definition) is 1. The molecular weight excluding hydrogens is 415 g/mol. The number of benzene rings is 1. The Kier molecular flexibility index (Phi) is 6.22. The van der Waals surface area contributed by atoms with Crippen molar-refractivity contribution in [2.45, 2.75) is 32.9 Å². The maximum atomic E-state index is 13.1. The van der Waals surface area contributed by atoms with Crippen LogP contribution in [0.1, 0.15) is 35.9 Å². The zero-order valence-electron chi connectivity index (χ0n) is 18.3. The van der Waals surface area contributed by atoms with Crippen molar-refractivity contribution >= 4 is 17.1 Å². The first kappa shape index (κ1) is 21.9. The molecule has 1 N–H and O–H groups in total. The van der Waals surface area contributed by atoms with E-state index in [1.165, 1.54) is 28.8 Å². The van der Waals surface area contributed by atoms with Gasteiger partial charge in [-0.2, -0.15) is 0 Å². The van der Waals surface area contributed by atoms with Crippen LogP contribution in [0.25, 0.3) is 11.2 Å². The summed E-state index contributed by atoms with van der Waals surface area (Å²) in [6.07, 6.45) is 1.74. The molecule has 2 aromatic heterocycles. The lowest BCUT2D eigenvalue weighted by molar-refractivity contribution is 0.0624. The summed E-state index contributed by atoms with van der Waals surface area (Å²) in [6, 6.07) is 5.58. The number of halogens is 1. The van der Waals surface area contributed by atoms with Gasteiger partial charge in [-0.3, -0.25) is 24.0 Å². The smallest absolute Gasteiger partial charge is 0.330 e. The van der Waals surface area contributed by atoms with Gasteiger partial charge in [0, 0.05) is 45.3 Å². The van der Waals surface area contributed by atoms with Gasteiger partial charge in [0.1, 0.15) is 11.6 Å². The third kappa shape index (κ3) is 4.22. The summed E-state index contributed by atoms with van der Waals surface area (Å²) in [5.74, 6) is 0.214. The highest BCUT2D eigenvalue weighted by Gasteiger charge is 2.24. The highest BCUT2D eigenvalue weighted by Crippen LogP contribution is 2.15. The molecule has 0 aliphatic carbocycles. The number of aromatic nitrogens is 4. The molecule has 10 heteroatoms. The quantitative estimate of drug-likeness (QED) is 0.621. The predicted molar refractivity (Wildman–Crippen MR) is 118 cm³/mol. The highest BCUT2D eigenvalue weighted by molar-refractivity contribution is 5.94. The average Bonchev–Trinajstić information content (AvgIpc) is 3.10. The van der Waals surface area contributed by atoms with Crippen LogP contribution in [-0.2, 0) is 20.1 Å². The van der Waals surface area contributed by atoms with Gasteiger partial charge in [-0.15, -0.1) is 0 Å². The summed E-state index contributed by atoms with van der Waals surface area (Å²) in [4.78, 5) is 48.3. The Morgan fingerprint density at radius 2 is 1.81 bits per heavy atom. The van der Waals surface area contributed by atoms with Crippen LogP contribution in [0, 0.1) is 5.82 Å². The molecule has 9 nitrogen and oxygen atoms in total. The number of H-pyrrole nitrogens is 1. The monoisotopic (exact) mass is 442 g/mol. The second kappa shape index (κ2) is 9.07. The van der Waals surface area contributed by atoms with Crippen LogP contribution in [0.2, 0.25) is 0 Å². The summed E-state index contributed by atoms with van der Waals surface area (Å²) in [5.41, 5.74) is 0.400. The van der Waals surface area contributed by atoms with E-state index in [1.807, 2.05) is 6.92 Å². The van der Waals surface area contributed by atoms with Gasteiger partial charge in [0.25, 0.3) is 11.5 Å². The van der Waals surface area contributed by atoms with Gasteiger partial charge < -0.3 is 9.47 Å². The van der Waals surface area contributed by atoms with Gasteiger partial charge in [0.2, 0.25) is 0 Å². The number of imidazole rings is 1. The minimum atomic E-state index is -0.437. The second-order valence-electron chi connectivity index (χ2n) is 8.10. The van der Waals surface area contributed by atoms with E-state index in [0.717, 1.165) is 12.8 Å². The average molecular weight is 442 g/mol. The molecule has 0 bridgehead atoms. The Morgan fingerprint density at radius 1 is 1.12 bits per heavy atom. The van der Waals surface area contributed by atoms with Crippen molar-refractivity contribution in [3.63, 3.8) is 0 Å². The molecule has 1 aliphatic heterocycles. The summed E-state index contributed by atoms with van der Waals surface area (Å²) in [6.45, 7) is 5.43. The molecule has 3 heterocycles. The molecule has 3 aromatic rings. The number of aryl methyl sites for hydroxylation is 2. The maximum absolute atomic E-state index is 13.1. The number of nitrogens with zero attached hydrogens (tertiary/aromatic N) is 5. The fourth-order valence-electron chi connectivity index (χ4n) is 4.04. The number of aromatic amines is 1. The summed E-state index contributed by atoms with van der Waals surface area (Å²) in [5, 5.41) is 0. The Morgan fingerprint density at radius 3 is 2.47 bits per heavy atom. The number of unbranched alkanes of at least 4 members (excludes halogenated alkanes) is 1. The summed E-state index contributed by atoms with van der Waals surface area (Å²) in [7, 11) is 1.78. The van der Waals surface area contributed by atoms with E-state index >= 15 is 0 Å². The molecular formula is C22H27FN6O3. The molecule has 0 radical (unpaired) electrons. The minimum Gasteiger partial charge on any atom is -0.336 e. The van der Waals surface area contributed by atoms with Gasteiger partial charge in [0.05, 0.1) is 6.54 Å². The number of fused-ring (bicyclic) bond motifs is 1. The molecule has 1 amide bonds. The SMILES string of the molecule is CCCCn1c(=O)[nH]c(=O)c2c1nc(CN1CCN(C(=O)c3ccc(F)cc3)CC1)n2C. The molecule has 0 unspecified atom stereocenters. The van der Waals surface area contributed by atoms with Gasteiger partial charge in [-0.1, -0.05) is 13.3 Å². The Hall–Kier alpha value is -3.27. The number of amides is 1. The highest BCUT2D eigenvalue weighted by atomic mass is 19.1. The van der Waals surface area contributed by atoms with Crippen molar-refractivity contribution in [3.05, 3.63) is 62.3 Å². The lowest BCUT2D eigenvalue weighted by Gasteiger charge is -2.34. The normalized spacial score (nSPS) is 14.9. The molecule has 0 atom stereocenters. The van der Waals surface area contributed by atoms with Crippen LogP contribution in [0.4, 0.5) is 4.39 Å². The molecule has 32 heavy (non-hydrogen) atoms. The van der Waals surface area contributed by atoms with Crippen molar-refractivity contribution in [3.8, 4) is 0 Å². The topological polar surface area (TPSA) is 96.2 Å². The van der Waals surface area contributed by atoms with Crippen molar-refractivity contribution < 1.29 is 9.18 Å². The maximum Gasteiger partial charge on any atom is 0.330 e. The van der Waals surface area contributed by atoms with Crippen LogP contribution in [-0.4, -0.2) is 61.0 Å². The third-order valence-electron chi connectivity index (χ3n) is 5.96. The first-order valence-electron chi connectivity index (χ1n) is 10.8. The van der Waals surface area contributed by atoms with Crippen LogP contribution in [0.15, 0.2) is 33.9 Å². The number of carbonyl (C=O) groups excluding carboxylic acids is 1. The summed E-state index contributed by atoms with van der Waals surface area (Å²) < 4.78 is 16.4. The lowest BCUT2D eigenvalue weighted by atomic mass is 10.2. The van der Waals surface area contributed by atoms with Crippen LogP contribution in [0.3, 0.4) is 0 Å². The zero-order chi connectivity index (χ0) is 22.8. The molecule has 1 aliphatic rings. The summed E-state index contributed by atoms with van der Waals surface area (Å²) >= 11 is 0. The van der Waals surface area contributed by atoms with Crippen molar-refractivity contribution in [1.29, 1.82) is 0 Å². The molecule has 1 aromatic carbocycles. The fourth-order valence-corrected chi connectivity index (χ4v) is 4.04. The fraction of sp³-hybridized carbons (Fsp3) is 0.455. The Balaban J connectivity index is 1.49. The minimum absolute atomic E-state index is 0.112. The number of carbonyl (C=O) groups is 1. The molecule has 0 saturated carbocycles. The Labute approximate surface area is 184 Å². The third-order valence-corrected chi connectivity index (χ3v) is 5.96. The second-order valence-corrected chi connectivity index (χ2v) is 8.10. The molecule has 0 spiro atoms. The van der Waals surface area contributed by atoms with Crippen molar-refractivity contribution in [2.24, 2.45) is 7.05 Å². The van der Waals surface area contributed by atoms with Gasteiger partial charge in [0.15, 0.2) is 11.2 Å². The first-order valence-corrected chi connectivity index (χ1v) is 10.8. The molecule has 1 fully saturated rings. The zero-order valence-corrected chi connectivity index (χ0v) is 18.3. The van der Waals surface area contributed by atoms with Gasteiger partial charge in [-0.05, 0) is 30.7 Å². The number of piperazine rings is 1. The van der Waals surface area contributed by atoms with Crippen LogP contribution >= 0.6 is 0 Å². The van der Waals surface area contributed by atoms with Gasteiger partial charge in [-0.25, -0.2) is 14.2 Å². The molecule has 1 saturated heterocycles. The number of nitrogens with one attached hydrogen (secondary N) is 1. The first-order chi connectivity index (χ1) is 15.4. The van der Waals surface area contributed by atoms with Gasteiger partial charge >= 0.3 is 5.69 Å². The number of hydrogen-bond acceptors (Lipinski definition) is 5.